The van der Waals surface area contributed by atoms with Crippen molar-refractivity contribution >= 4 is 28.8 Å². The van der Waals surface area contributed by atoms with E-state index in [0.29, 0.717) is 21.9 Å². The minimum Gasteiger partial charge on any atom is -0.351 e. The highest BCUT2D eigenvalue weighted by atomic mass is 32.1. The molecule has 0 bridgehead atoms. The molecule has 0 aromatic heterocycles. The SMILES string of the molecule is CC(=O)C1=C(c2ccccc2)NC(=S)N[C@@H]1c1cccc(F)c1. The third kappa shape index (κ3) is 3.14. The maximum atomic E-state index is 13.6. The van der Waals surface area contributed by atoms with Crippen LogP contribution < -0.4 is 10.6 Å². The molecule has 1 aliphatic heterocycles. The third-order valence-corrected chi connectivity index (χ3v) is 3.92. The van der Waals surface area contributed by atoms with Crippen LogP contribution in [0, 0.1) is 5.82 Å². The molecule has 1 heterocycles. The summed E-state index contributed by atoms with van der Waals surface area (Å²) in [7, 11) is 0. The van der Waals surface area contributed by atoms with E-state index in [2.05, 4.69) is 10.6 Å². The van der Waals surface area contributed by atoms with E-state index in [4.69, 9.17) is 12.2 Å². The van der Waals surface area contributed by atoms with Crippen molar-refractivity contribution in [3.63, 3.8) is 0 Å². The van der Waals surface area contributed by atoms with E-state index in [1.165, 1.54) is 19.1 Å². The first-order valence-electron chi connectivity index (χ1n) is 7.20. The van der Waals surface area contributed by atoms with Gasteiger partial charge >= 0.3 is 0 Å². The van der Waals surface area contributed by atoms with Crippen LogP contribution in [0.1, 0.15) is 24.1 Å². The molecule has 2 aromatic rings. The summed E-state index contributed by atoms with van der Waals surface area (Å²) in [5, 5.41) is 6.54. The number of halogens is 1. The number of carbonyl (C=O) groups is 1. The van der Waals surface area contributed by atoms with Crippen molar-refractivity contribution in [2.24, 2.45) is 0 Å². The molecule has 3 nitrogen and oxygen atoms in total. The second-order valence-corrected chi connectivity index (χ2v) is 5.71. The van der Waals surface area contributed by atoms with E-state index < -0.39 is 6.04 Å². The predicted molar refractivity (Wildman–Crippen MR) is 92.1 cm³/mol. The highest BCUT2D eigenvalue weighted by Crippen LogP contribution is 2.31. The number of hydrogen-bond donors (Lipinski definition) is 2. The highest BCUT2D eigenvalue weighted by molar-refractivity contribution is 7.80. The first-order valence-corrected chi connectivity index (χ1v) is 7.60. The lowest BCUT2D eigenvalue weighted by Crippen LogP contribution is -2.44. The van der Waals surface area contributed by atoms with Crippen LogP contribution in [0.4, 0.5) is 4.39 Å². The molecule has 3 rings (SSSR count). The largest absolute Gasteiger partial charge is 0.351 e. The fourth-order valence-corrected chi connectivity index (χ4v) is 2.93. The Hall–Kier alpha value is -2.53. The summed E-state index contributed by atoms with van der Waals surface area (Å²) >= 11 is 5.27. The van der Waals surface area contributed by atoms with Crippen LogP contribution in [-0.4, -0.2) is 10.9 Å². The van der Waals surface area contributed by atoms with Gasteiger partial charge in [-0.2, -0.15) is 0 Å². The molecule has 0 radical (unpaired) electrons. The maximum absolute atomic E-state index is 13.6. The zero-order valence-electron chi connectivity index (χ0n) is 12.5. The Morgan fingerprint density at radius 2 is 1.87 bits per heavy atom. The van der Waals surface area contributed by atoms with Crippen LogP contribution in [0.2, 0.25) is 0 Å². The summed E-state index contributed by atoms with van der Waals surface area (Å²) in [6, 6.07) is 15.2. The molecule has 2 N–H and O–H groups in total. The van der Waals surface area contributed by atoms with Gasteiger partial charge in [-0.25, -0.2) is 4.39 Å². The molecule has 116 valence electrons. The Balaban J connectivity index is 2.18. The molecule has 2 aromatic carbocycles. The Morgan fingerprint density at radius 1 is 1.13 bits per heavy atom. The summed E-state index contributed by atoms with van der Waals surface area (Å²) in [5.41, 5.74) is 2.72. The number of rotatable bonds is 3. The molecule has 5 heteroatoms. The Bertz CT molecular complexity index is 802. The van der Waals surface area contributed by atoms with Crippen LogP contribution >= 0.6 is 12.2 Å². The standard InChI is InChI=1S/C18H15FN2OS/c1-11(22)15-16(12-6-3-2-4-7-12)20-18(23)21-17(15)13-8-5-9-14(19)10-13/h2-10,17H,1H3,(H2,20,21,23)/t17-/m1/s1. The first kappa shape index (κ1) is 15.4. The van der Waals surface area contributed by atoms with Crippen LogP contribution in [0.3, 0.4) is 0 Å². The molecule has 23 heavy (non-hydrogen) atoms. The van der Waals surface area contributed by atoms with Crippen LogP contribution in [-0.2, 0) is 4.79 Å². The van der Waals surface area contributed by atoms with E-state index in [-0.39, 0.29) is 11.6 Å². The van der Waals surface area contributed by atoms with E-state index >= 15 is 0 Å². The molecule has 0 unspecified atom stereocenters. The van der Waals surface area contributed by atoms with Gasteiger partial charge in [-0.3, -0.25) is 4.79 Å². The minimum absolute atomic E-state index is 0.0967. The summed E-state index contributed by atoms with van der Waals surface area (Å²) < 4.78 is 13.6. The van der Waals surface area contributed by atoms with Crippen LogP contribution in [0.15, 0.2) is 60.2 Å². The quantitative estimate of drug-likeness (QED) is 0.849. The predicted octanol–water partition coefficient (Wildman–Crippen LogP) is 3.34. The van der Waals surface area contributed by atoms with Crippen molar-refractivity contribution in [1.29, 1.82) is 0 Å². The van der Waals surface area contributed by atoms with E-state index in [9.17, 15) is 9.18 Å². The molecule has 0 amide bonds. The molecule has 1 aliphatic rings. The summed E-state index contributed by atoms with van der Waals surface area (Å²) in [6.07, 6.45) is 0. The van der Waals surface area contributed by atoms with Crippen molar-refractivity contribution < 1.29 is 9.18 Å². The molecule has 0 aliphatic carbocycles. The van der Waals surface area contributed by atoms with Gasteiger partial charge in [0.2, 0.25) is 0 Å². The fraction of sp³-hybridized carbons (Fsp3) is 0.111. The van der Waals surface area contributed by atoms with Gasteiger partial charge in [0.15, 0.2) is 10.9 Å². The second-order valence-electron chi connectivity index (χ2n) is 5.30. The number of ketones is 1. The molecule has 0 saturated carbocycles. The third-order valence-electron chi connectivity index (χ3n) is 3.70. The van der Waals surface area contributed by atoms with Gasteiger partial charge in [0.25, 0.3) is 0 Å². The Morgan fingerprint density at radius 3 is 2.52 bits per heavy atom. The number of hydrogen-bond acceptors (Lipinski definition) is 2. The lowest BCUT2D eigenvalue weighted by molar-refractivity contribution is -0.113. The van der Waals surface area contributed by atoms with Crippen molar-refractivity contribution in [3.8, 4) is 0 Å². The summed E-state index contributed by atoms with van der Waals surface area (Å²) in [5.74, 6) is -0.446. The average Bonchev–Trinajstić information content (AvgIpc) is 2.54. The molecular formula is C18H15FN2OS. The van der Waals surface area contributed by atoms with Crippen molar-refractivity contribution in [2.75, 3.05) is 0 Å². The Labute approximate surface area is 139 Å². The van der Waals surface area contributed by atoms with Gasteiger partial charge < -0.3 is 10.6 Å². The average molecular weight is 326 g/mol. The minimum atomic E-state index is -0.479. The fourth-order valence-electron chi connectivity index (χ4n) is 2.71. The van der Waals surface area contributed by atoms with Gasteiger partial charge in [-0.1, -0.05) is 42.5 Å². The number of nitrogens with one attached hydrogen (secondary N) is 2. The van der Waals surface area contributed by atoms with Gasteiger partial charge in [-0.05, 0) is 42.4 Å². The first-order chi connectivity index (χ1) is 11.1. The zero-order valence-corrected chi connectivity index (χ0v) is 13.3. The number of benzene rings is 2. The highest BCUT2D eigenvalue weighted by Gasteiger charge is 2.30. The van der Waals surface area contributed by atoms with Gasteiger partial charge in [-0.15, -0.1) is 0 Å². The smallest absolute Gasteiger partial charge is 0.171 e. The van der Waals surface area contributed by atoms with E-state index in [1.807, 2.05) is 30.3 Å². The van der Waals surface area contributed by atoms with Crippen molar-refractivity contribution in [3.05, 3.63) is 77.1 Å². The van der Waals surface area contributed by atoms with Crippen molar-refractivity contribution in [1.82, 2.24) is 10.6 Å². The van der Waals surface area contributed by atoms with Crippen molar-refractivity contribution in [2.45, 2.75) is 13.0 Å². The number of Topliss-reactive ketones (excluding diaryl/α,β-unsaturated/α-hetero) is 1. The van der Waals surface area contributed by atoms with Crippen LogP contribution in [0.25, 0.3) is 5.70 Å². The molecule has 0 spiro atoms. The van der Waals surface area contributed by atoms with Gasteiger partial charge in [0.1, 0.15) is 5.82 Å². The molecule has 1 atom stereocenters. The summed E-state index contributed by atoms with van der Waals surface area (Å²) in [4.78, 5) is 12.3. The normalized spacial score (nSPS) is 17.5. The summed E-state index contributed by atoms with van der Waals surface area (Å²) in [6.45, 7) is 1.50. The lowest BCUT2D eigenvalue weighted by atomic mass is 9.90. The zero-order chi connectivity index (χ0) is 16.4. The van der Waals surface area contributed by atoms with E-state index in [1.54, 1.807) is 12.1 Å². The monoisotopic (exact) mass is 326 g/mol. The Kier molecular flexibility index (Phi) is 4.21. The number of carbonyl (C=O) groups excluding carboxylic acids is 1. The van der Waals surface area contributed by atoms with Gasteiger partial charge in [0.05, 0.1) is 11.7 Å². The second kappa shape index (κ2) is 6.30. The lowest BCUT2D eigenvalue weighted by Gasteiger charge is -2.31. The van der Waals surface area contributed by atoms with Crippen LogP contribution in [0.5, 0.6) is 0 Å². The molecule has 0 saturated heterocycles. The maximum Gasteiger partial charge on any atom is 0.171 e. The molecule has 0 fully saturated rings. The number of thiocarbonyl (C=S) groups is 1. The topological polar surface area (TPSA) is 41.1 Å². The van der Waals surface area contributed by atoms with E-state index in [0.717, 1.165) is 5.56 Å². The van der Waals surface area contributed by atoms with Gasteiger partial charge in [0, 0.05) is 5.57 Å². The molecular weight excluding hydrogens is 311 g/mol.